The summed E-state index contributed by atoms with van der Waals surface area (Å²) >= 11 is 5.84. The maximum atomic E-state index is 13.9. The fourth-order valence-electron chi connectivity index (χ4n) is 2.52. The summed E-state index contributed by atoms with van der Waals surface area (Å²) in [6.45, 7) is 1.71. The first-order valence-corrected chi connectivity index (χ1v) is 8.44. The first kappa shape index (κ1) is 19.4. The lowest BCUT2D eigenvalue weighted by molar-refractivity contribution is 0.0952. The Kier molecular flexibility index (Phi) is 5.62. The molecule has 0 atom stereocenters. The van der Waals surface area contributed by atoms with Crippen LogP contribution >= 0.6 is 11.6 Å². The molecule has 0 aliphatic rings. The standard InChI is InChI=1S/C20H12ClF2NO4/c1-2-26-20(25)28-18-9-15(13-5-11(10-24)6-14(22)7-13)19(27-18)12-3-4-17(23)16(21)8-12/h3-9H,2H2,1H3. The van der Waals surface area contributed by atoms with Crippen LogP contribution in [0.2, 0.25) is 5.02 Å². The fraction of sp³-hybridized carbons (Fsp3) is 0.100. The van der Waals surface area contributed by atoms with Crippen molar-refractivity contribution in [2.24, 2.45) is 0 Å². The van der Waals surface area contributed by atoms with Crippen molar-refractivity contribution in [3.05, 3.63) is 64.7 Å². The van der Waals surface area contributed by atoms with Gasteiger partial charge in [-0.25, -0.2) is 13.6 Å². The summed E-state index contributed by atoms with van der Waals surface area (Å²) in [5.41, 5.74) is 1.07. The molecule has 8 heteroatoms. The Labute approximate surface area is 163 Å². The molecule has 0 saturated heterocycles. The third-order valence-corrected chi connectivity index (χ3v) is 3.96. The number of ether oxygens (including phenoxy) is 2. The number of furan rings is 1. The van der Waals surface area contributed by atoms with Crippen molar-refractivity contribution in [3.8, 4) is 34.5 Å². The molecule has 1 heterocycles. The average molecular weight is 404 g/mol. The van der Waals surface area contributed by atoms with Gasteiger partial charge in [0.25, 0.3) is 5.95 Å². The molecule has 0 spiro atoms. The molecule has 0 unspecified atom stereocenters. The second-order valence-corrected chi connectivity index (χ2v) is 5.97. The molecule has 5 nitrogen and oxygen atoms in total. The summed E-state index contributed by atoms with van der Waals surface area (Å²) in [5.74, 6) is -1.33. The van der Waals surface area contributed by atoms with E-state index in [4.69, 9.17) is 30.8 Å². The van der Waals surface area contributed by atoms with Gasteiger partial charge >= 0.3 is 6.16 Å². The Balaban J connectivity index is 2.15. The first-order valence-electron chi connectivity index (χ1n) is 8.06. The summed E-state index contributed by atoms with van der Waals surface area (Å²) < 4.78 is 42.7. The SMILES string of the molecule is CCOC(=O)Oc1cc(-c2cc(F)cc(C#N)c2)c(-c2ccc(F)c(Cl)c2)o1. The maximum Gasteiger partial charge on any atom is 0.516 e. The number of nitrogens with zero attached hydrogens (tertiary/aromatic N) is 1. The summed E-state index contributed by atoms with van der Waals surface area (Å²) in [6, 6.07) is 10.8. The topological polar surface area (TPSA) is 72.5 Å². The summed E-state index contributed by atoms with van der Waals surface area (Å²) in [7, 11) is 0. The van der Waals surface area contributed by atoms with Gasteiger partial charge in [-0.3, -0.25) is 0 Å². The van der Waals surface area contributed by atoms with Gasteiger partial charge in [-0.1, -0.05) is 11.6 Å². The van der Waals surface area contributed by atoms with Crippen molar-refractivity contribution in [2.75, 3.05) is 6.61 Å². The lowest BCUT2D eigenvalue weighted by atomic mass is 10.0. The monoisotopic (exact) mass is 403 g/mol. The molecule has 3 rings (SSSR count). The highest BCUT2D eigenvalue weighted by Gasteiger charge is 2.20. The number of hydrogen-bond acceptors (Lipinski definition) is 5. The Morgan fingerprint density at radius 3 is 2.64 bits per heavy atom. The van der Waals surface area contributed by atoms with Crippen LogP contribution in [-0.2, 0) is 4.74 Å². The zero-order chi connectivity index (χ0) is 20.3. The molecule has 0 bridgehead atoms. The molecule has 28 heavy (non-hydrogen) atoms. The van der Waals surface area contributed by atoms with Gasteiger partial charge in [0.2, 0.25) is 0 Å². The Morgan fingerprint density at radius 1 is 1.18 bits per heavy atom. The van der Waals surface area contributed by atoms with Crippen LogP contribution in [0.3, 0.4) is 0 Å². The van der Waals surface area contributed by atoms with Crippen molar-refractivity contribution >= 4 is 17.8 Å². The van der Waals surface area contributed by atoms with E-state index in [0.29, 0.717) is 16.7 Å². The van der Waals surface area contributed by atoms with Gasteiger partial charge < -0.3 is 13.9 Å². The number of hydrogen-bond donors (Lipinski definition) is 0. The van der Waals surface area contributed by atoms with Gasteiger partial charge in [0.15, 0.2) is 0 Å². The zero-order valence-electron chi connectivity index (χ0n) is 14.5. The lowest BCUT2D eigenvalue weighted by Crippen LogP contribution is -2.09. The van der Waals surface area contributed by atoms with Gasteiger partial charge in [-0.05, 0) is 48.9 Å². The quantitative estimate of drug-likeness (QED) is 0.503. The molecular weight excluding hydrogens is 392 g/mol. The van der Waals surface area contributed by atoms with Gasteiger partial charge in [0, 0.05) is 17.2 Å². The van der Waals surface area contributed by atoms with E-state index in [1.807, 2.05) is 6.07 Å². The van der Waals surface area contributed by atoms with Crippen LogP contribution in [0.1, 0.15) is 12.5 Å². The van der Waals surface area contributed by atoms with E-state index in [2.05, 4.69) is 0 Å². The predicted octanol–water partition coefficient (Wildman–Crippen LogP) is 5.95. The lowest BCUT2D eigenvalue weighted by Gasteiger charge is -2.05. The van der Waals surface area contributed by atoms with E-state index >= 15 is 0 Å². The first-order chi connectivity index (χ1) is 13.4. The van der Waals surface area contributed by atoms with Crippen molar-refractivity contribution in [2.45, 2.75) is 6.92 Å². The number of nitriles is 1. The Morgan fingerprint density at radius 2 is 1.96 bits per heavy atom. The van der Waals surface area contributed by atoms with Gasteiger partial charge in [0.1, 0.15) is 17.4 Å². The molecule has 0 aliphatic carbocycles. The number of halogens is 3. The highest BCUT2D eigenvalue weighted by molar-refractivity contribution is 6.31. The molecule has 0 aliphatic heterocycles. The molecule has 0 fully saturated rings. The van der Waals surface area contributed by atoms with Gasteiger partial charge in [-0.15, -0.1) is 0 Å². The van der Waals surface area contributed by atoms with E-state index in [1.54, 1.807) is 6.92 Å². The van der Waals surface area contributed by atoms with Crippen LogP contribution in [0.4, 0.5) is 13.6 Å². The van der Waals surface area contributed by atoms with E-state index in [-0.39, 0.29) is 28.9 Å². The van der Waals surface area contributed by atoms with Crippen molar-refractivity contribution in [1.29, 1.82) is 5.26 Å². The third kappa shape index (κ3) is 4.13. The van der Waals surface area contributed by atoms with E-state index in [9.17, 15) is 13.6 Å². The third-order valence-electron chi connectivity index (χ3n) is 3.68. The fourth-order valence-corrected chi connectivity index (χ4v) is 2.70. The molecule has 1 aromatic heterocycles. The predicted molar refractivity (Wildman–Crippen MR) is 96.9 cm³/mol. The summed E-state index contributed by atoms with van der Waals surface area (Å²) in [6.07, 6.45) is -0.983. The maximum absolute atomic E-state index is 13.9. The molecule has 0 N–H and O–H groups in total. The van der Waals surface area contributed by atoms with Crippen LogP contribution in [0.25, 0.3) is 22.5 Å². The highest BCUT2D eigenvalue weighted by Crippen LogP contribution is 2.40. The van der Waals surface area contributed by atoms with Crippen LogP contribution in [0.5, 0.6) is 5.95 Å². The number of rotatable bonds is 4. The molecule has 142 valence electrons. The molecule has 3 aromatic rings. The van der Waals surface area contributed by atoms with Crippen molar-refractivity contribution < 1.29 is 27.5 Å². The van der Waals surface area contributed by atoms with Crippen molar-refractivity contribution in [3.63, 3.8) is 0 Å². The van der Waals surface area contributed by atoms with Crippen LogP contribution in [0, 0.1) is 23.0 Å². The number of carbonyl (C=O) groups is 1. The van der Waals surface area contributed by atoms with E-state index < -0.39 is 17.8 Å². The normalized spacial score (nSPS) is 10.4. The molecule has 0 radical (unpaired) electrons. The van der Waals surface area contributed by atoms with Gasteiger partial charge in [-0.2, -0.15) is 5.26 Å². The summed E-state index contributed by atoms with van der Waals surface area (Å²) in [5, 5.41) is 8.94. The largest absolute Gasteiger partial charge is 0.516 e. The minimum Gasteiger partial charge on any atom is -0.434 e. The molecule has 2 aromatic carbocycles. The second kappa shape index (κ2) is 8.11. The minimum atomic E-state index is -0.983. The Hall–Kier alpha value is -3.37. The van der Waals surface area contributed by atoms with Gasteiger partial charge in [0.05, 0.1) is 23.3 Å². The van der Waals surface area contributed by atoms with E-state index in [0.717, 1.165) is 12.1 Å². The van der Waals surface area contributed by atoms with E-state index in [1.165, 1.54) is 30.3 Å². The number of benzene rings is 2. The van der Waals surface area contributed by atoms with Crippen LogP contribution in [0.15, 0.2) is 46.9 Å². The Bertz CT molecular complexity index is 1090. The average Bonchev–Trinajstić information content (AvgIpc) is 3.07. The number of carbonyl (C=O) groups excluding carboxylic acids is 1. The zero-order valence-corrected chi connectivity index (χ0v) is 15.2. The summed E-state index contributed by atoms with van der Waals surface area (Å²) in [4.78, 5) is 11.6. The smallest absolute Gasteiger partial charge is 0.434 e. The molecular formula is C20H12ClF2NO4. The van der Waals surface area contributed by atoms with Crippen LogP contribution in [-0.4, -0.2) is 12.8 Å². The van der Waals surface area contributed by atoms with Crippen LogP contribution < -0.4 is 4.74 Å². The molecule has 0 saturated carbocycles. The minimum absolute atomic E-state index is 0.0900. The molecule has 0 amide bonds. The highest BCUT2D eigenvalue weighted by atomic mass is 35.5. The second-order valence-electron chi connectivity index (χ2n) is 5.56. The van der Waals surface area contributed by atoms with Crippen molar-refractivity contribution in [1.82, 2.24) is 0 Å².